The highest BCUT2D eigenvalue weighted by Crippen LogP contribution is 2.24. The van der Waals surface area contributed by atoms with Crippen molar-refractivity contribution in [2.45, 2.75) is 20.0 Å². The molecule has 0 saturated heterocycles. The van der Waals surface area contributed by atoms with Crippen molar-refractivity contribution >= 4 is 28.0 Å². The average Bonchev–Trinajstić information content (AvgIpc) is 3.06. The summed E-state index contributed by atoms with van der Waals surface area (Å²) in [5.41, 5.74) is 3.64. The highest BCUT2D eigenvalue weighted by Gasteiger charge is 2.15. The number of hydrogen-bond donors (Lipinski definition) is 1. The summed E-state index contributed by atoms with van der Waals surface area (Å²) in [5, 5.41) is 12.2. The fraction of sp³-hybridized carbons (Fsp3) is 0.250. The Balaban J connectivity index is 1.70. The number of imidazole rings is 1. The molecule has 8 nitrogen and oxygen atoms in total. The lowest BCUT2D eigenvalue weighted by Gasteiger charge is -2.09. The van der Waals surface area contributed by atoms with Gasteiger partial charge in [-0.1, -0.05) is 6.07 Å². The maximum Gasteiger partial charge on any atom is 0.251 e. The predicted octanol–water partition coefficient (Wildman–Crippen LogP) is 2.26. The molecule has 142 valence electrons. The molecule has 0 atom stereocenters. The quantitative estimate of drug-likeness (QED) is 0.555. The van der Waals surface area contributed by atoms with Crippen LogP contribution in [0.4, 0.5) is 0 Å². The molecule has 0 unspecified atom stereocenters. The normalized spacial score (nSPS) is 11.2. The van der Waals surface area contributed by atoms with Crippen LogP contribution >= 0.6 is 0 Å². The molecule has 0 aliphatic rings. The Kier molecular flexibility index (Phi) is 4.94. The molecule has 3 aromatic heterocycles. The standard InChI is InChI=1S/C20H20N6O2/c1-13-23-19-18(26(13)8-9-28-2)16-10-15(5-6-17(16)24-25-19)20(27)22-12-14-4-3-7-21-11-14/h3-7,10-11H,8-9,12H2,1-2H3,(H,22,27). The fourth-order valence-corrected chi connectivity index (χ4v) is 3.18. The second-order valence-corrected chi connectivity index (χ2v) is 6.45. The summed E-state index contributed by atoms with van der Waals surface area (Å²) in [6.07, 6.45) is 3.44. The lowest BCUT2D eigenvalue weighted by molar-refractivity contribution is 0.0951. The smallest absolute Gasteiger partial charge is 0.251 e. The van der Waals surface area contributed by atoms with E-state index in [1.807, 2.05) is 35.8 Å². The SMILES string of the molecule is COCCn1c(C)nc2nnc3ccc(C(=O)NCc4cccnc4)cc3c21. The molecule has 0 spiro atoms. The van der Waals surface area contributed by atoms with E-state index in [0.29, 0.717) is 30.9 Å². The maximum absolute atomic E-state index is 12.6. The second-order valence-electron chi connectivity index (χ2n) is 6.45. The number of carbonyl (C=O) groups is 1. The summed E-state index contributed by atoms with van der Waals surface area (Å²) in [6, 6.07) is 9.17. The number of fused-ring (bicyclic) bond motifs is 3. The average molecular weight is 376 g/mol. The highest BCUT2D eigenvalue weighted by molar-refractivity contribution is 6.05. The van der Waals surface area contributed by atoms with Gasteiger partial charge in [0.1, 0.15) is 5.82 Å². The number of amides is 1. The molecular formula is C20H20N6O2. The first-order valence-corrected chi connectivity index (χ1v) is 8.96. The first kappa shape index (κ1) is 18.0. The third kappa shape index (κ3) is 3.41. The van der Waals surface area contributed by atoms with Crippen LogP contribution in [0.3, 0.4) is 0 Å². The van der Waals surface area contributed by atoms with E-state index < -0.39 is 0 Å². The van der Waals surface area contributed by atoms with Gasteiger partial charge in [0.15, 0.2) is 0 Å². The molecule has 4 aromatic rings. The lowest BCUT2D eigenvalue weighted by Crippen LogP contribution is -2.22. The van der Waals surface area contributed by atoms with Crippen LogP contribution in [-0.2, 0) is 17.8 Å². The minimum atomic E-state index is -0.157. The molecule has 0 aliphatic carbocycles. The Hall–Kier alpha value is -3.39. The molecule has 0 radical (unpaired) electrons. The van der Waals surface area contributed by atoms with Gasteiger partial charge in [0.05, 0.1) is 17.6 Å². The van der Waals surface area contributed by atoms with Crippen LogP contribution in [0.2, 0.25) is 0 Å². The molecule has 0 bridgehead atoms. The van der Waals surface area contributed by atoms with E-state index in [2.05, 4.69) is 25.5 Å². The Morgan fingerprint density at radius 2 is 2.14 bits per heavy atom. The number of aromatic nitrogens is 5. The number of aryl methyl sites for hydroxylation is 1. The van der Waals surface area contributed by atoms with Crippen LogP contribution in [0.15, 0.2) is 42.7 Å². The fourth-order valence-electron chi connectivity index (χ4n) is 3.18. The van der Waals surface area contributed by atoms with Crippen LogP contribution in [0.1, 0.15) is 21.7 Å². The predicted molar refractivity (Wildman–Crippen MR) is 105 cm³/mol. The summed E-state index contributed by atoms with van der Waals surface area (Å²) in [5.74, 6) is 0.677. The molecule has 0 saturated carbocycles. The van der Waals surface area contributed by atoms with E-state index >= 15 is 0 Å². The minimum absolute atomic E-state index is 0.157. The van der Waals surface area contributed by atoms with Crippen LogP contribution in [0.5, 0.6) is 0 Å². The Bertz CT molecular complexity index is 1140. The van der Waals surface area contributed by atoms with Crippen molar-refractivity contribution in [2.24, 2.45) is 0 Å². The van der Waals surface area contributed by atoms with Crippen molar-refractivity contribution in [3.05, 3.63) is 59.7 Å². The monoisotopic (exact) mass is 376 g/mol. The van der Waals surface area contributed by atoms with Crippen LogP contribution < -0.4 is 5.32 Å². The van der Waals surface area contributed by atoms with Gasteiger partial charge < -0.3 is 14.6 Å². The van der Waals surface area contributed by atoms with Crippen molar-refractivity contribution in [3.63, 3.8) is 0 Å². The number of pyridine rings is 1. The van der Waals surface area contributed by atoms with Gasteiger partial charge in [-0.3, -0.25) is 9.78 Å². The van der Waals surface area contributed by atoms with Crippen molar-refractivity contribution in [2.75, 3.05) is 13.7 Å². The summed E-state index contributed by atoms with van der Waals surface area (Å²) in [7, 11) is 1.66. The molecule has 0 aliphatic heterocycles. The zero-order chi connectivity index (χ0) is 19.5. The van der Waals surface area contributed by atoms with Gasteiger partial charge in [-0.15, -0.1) is 10.2 Å². The van der Waals surface area contributed by atoms with E-state index in [1.54, 1.807) is 25.6 Å². The number of carbonyl (C=O) groups excluding carboxylic acids is 1. The Morgan fingerprint density at radius 3 is 2.93 bits per heavy atom. The van der Waals surface area contributed by atoms with Crippen LogP contribution in [0, 0.1) is 6.92 Å². The van der Waals surface area contributed by atoms with E-state index in [4.69, 9.17) is 4.74 Å². The molecule has 0 fully saturated rings. The van der Waals surface area contributed by atoms with Crippen molar-refractivity contribution < 1.29 is 9.53 Å². The molecule has 3 heterocycles. The summed E-state index contributed by atoms with van der Waals surface area (Å²) in [4.78, 5) is 21.2. The first-order valence-electron chi connectivity index (χ1n) is 8.96. The van der Waals surface area contributed by atoms with Gasteiger partial charge >= 0.3 is 0 Å². The number of methoxy groups -OCH3 is 1. The van der Waals surface area contributed by atoms with Gasteiger partial charge in [-0.05, 0) is 36.8 Å². The third-order valence-electron chi connectivity index (χ3n) is 4.60. The van der Waals surface area contributed by atoms with Crippen LogP contribution in [-0.4, -0.2) is 44.4 Å². The first-order chi connectivity index (χ1) is 13.7. The lowest BCUT2D eigenvalue weighted by atomic mass is 10.1. The Morgan fingerprint density at radius 1 is 1.25 bits per heavy atom. The van der Waals surface area contributed by atoms with E-state index in [0.717, 1.165) is 27.8 Å². The zero-order valence-corrected chi connectivity index (χ0v) is 15.7. The Labute approximate surface area is 161 Å². The van der Waals surface area contributed by atoms with Gasteiger partial charge in [-0.2, -0.15) is 0 Å². The second kappa shape index (κ2) is 7.69. The maximum atomic E-state index is 12.6. The topological polar surface area (TPSA) is 94.8 Å². The molecule has 4 rings (SSSR count). The molecule has 8 heteroatoms. The van der Waals surface area contributed by atoms with E-state index in [1.165, 1.54) is 0 Å². The van der Waals surface area contributed by atoms with Gasteiger partial charge in [0.25, 0.3) is 5.91 Å². The largest absolute Gasteiger partial charge is 0.383 e. The third-order valence-corrected chi connectivity index (χ3v) is 4.60. The van der Waals surface area contributed by atoms with Gasteiger partial charge in [0, 0.05) is 43.5 Å². The summed E-state index contributed by atoms with van der Waals surface area (Å²) in [6.45, 7) is 3.55. The van der Waals surface area contributed by atoms with Gasteiger partial charge in [0.2, 0.25) is 5.65 Å². The molecule has 1 N–H and O–H groups in total. The molecule has 28 heavy (non-hydrogen) atoms. The van der Waals surface area contributed by atoms with Crippen molar-refractivity contribution in [1.29, 1.82) is 0 Å². The summed E-state index contributed by atoms with van der Waals surface area (Å²) >= 11 is 0. The molecule has 1 aromatic carbocycles. The molecular weight excluding hydrogens is 356 g/mol. The number of rotatable bonds is 6. The number of benzene rings is 1. The number of nitrogens with zero attached hydrogens (tertiary/aromatic N) is 5. The zero-order valence-electron chi connectivity index (χ0n) is 15.7. The number of ether oxygens (including phenoxy) is 1. The van der Waals surface area contributed by atoms with E-state index in [-0.39, 0.29) is 5.91 Å². The van der Waals surface area contributed by atoms with Gasteiger partial charge in [-0.25, -0.2) is 4.98 Å². The number of hydrogen-bond acceptors (Lipinski definition) is 6. The highest BCUT2D eigenvalue weighted by atomic mass is 16.5. The summed E-state index contributed by atoms with van der Waals surface area (Å²) < 4.78 is 7.26. The minimum Gasteiger partial charge on any atom is -0.383 e. The number of nitrogens with one attached hydrogen (secondary N) is 1. The van der Waals surface area contributed by atoms with Crippen LogP contribution in [0.25, 0.3) is 22.1 Å². The molecule has 1 amide bonds. The van der Waals surface area contributed by atoms with E-state index in [9.17, 15) is 4.79 Å². The van der Waals surface area contributed by atoms with Crippen molar-refractivity contribution in [3.8, 4) is 0 Å². The van der Waals surface area contributed by atoms with Crippen molar-refractivity contribution in [1.82, 2.24) is 30.0 Å².